The van der Waals surface area contributed by atoms with Crippen molar-refractivity contribution in [2.24, 2.45) is 11.7 Å². The second-order valence-electron chi connectivity index (χ2n) is 6.17. The smallest absolute Gasteiger partial charge is 0.0656 e. The minimum absolute atomic E-state index is 0.000404. The maximum absolute atomic E-state index is 9.73. The summed E-state index contributed by atoms with van der Waals surface area (Å²) in [4.78, 5) is 2.51. The number of hydrogen-bond donors (Lipinski definition) is 2. The second-order valence-corrected chi connectivity index (χ2v) is 6.17. The van der Waals surface area contributed by atoms with Gasteiger partial charge in [0.1, 0.15) is 0 Å². The third-order valence-corrected chi connectivity index (χ3v) is 4.26. The quantitative estimate of drug-likeness (QED) is 0.728. The maximum atomic E-state index is 9.73. The molecule has 1 aromatic carbocycles. The molecular formula is C17H28N2O. The second kappa shape index (κ2) is 7.21. The number of nitrogens with two attached hydrogens (primary N) is 1. The van der Waals surface area contributed by atoms with Crippen LogP contribution < -0.4 is 5.73 Å². The van der Waals surface area contributed by atoms with E-state index < -0.39 is 5.54 Å². The summed E-state index contributed by atoms with van der Waals surface area (Å²) in [7, 11) is 0. The summed E-state index contributed by atoms with van der Waals surface area (Å²) in [5.41, 5.74) is 6.85. The molecule has 0 bridgehead atoms. The van der Waals surface area contributed by atoms with E-state index in [1.54, 1.807) is 0 Å². The molecule has 0 radical (unpaired) electrons. The minimum Gasteiger partial charge on any atom is -0.394 e. The van der Waals surface area contributed by atoms with Crippen LogP contribution in [0.15, 0.2) is 30.3 Å². The van der Waals surface area contributed by atoms with E-state index in [1.807, 2.05) is 30.3 Å². The molecule has 3 N–H and O–H groups in total. The Morgan fingerprint density at radius 3 is 2.50 bits per heavy atom. The van der Waals surface area contributed by atoms with E-state index in [2.05, 4.69) is 11.8 Å². The monoisotopic (exact) mass is 276 g/mol. The first-order chi connectivity index (χ1) is 9.68. The molecule has 0 aromatic heterocycles. The lowest BCUT2D eigenvalue weighted by Crippen LogP contribution is -2.44. The van der Waals surface area contributed by atoms with Crippen molar-refractivity contribution in [3.8, 4) is 0 Å². The standard InChI is InChI=1S/C17H28N2O/c1-2-11-19(13-15-8-9-15)12-10-17(18,14-20)16-6-4-3-5-7-16/h3-7,15,20H,2,8-14,18H2,1H3. The molecule has 3 heteroatoms. The van der Waals surface area contributed by atoms with Crippen LogP contribution in [0, 0.1) is 5.92 Å². The Bertz CT molecular complexity index is 391. The molecule has 1 fully saturated rings. The van der Waals surface area contributed by atoms with E-state index in [1.165, 1.54) is 25.8 Å². The zero-order valence-corrected chi connectivity index (χ0v) is 12.6. The molecule has 1 aliphatic carbocycles. The fourth-order valence-electron chi connectivity index (χ4n) is 2.72. The number of nitrogens with zero attached hydrogens (tertiary/aromatic N) is 1. The average Bonchev–Trinajstić information content (AvgIpc) is 3.29. The predicted octanol–water partition coefficient (Wildman–Crippen LogP) is 2.34. The van der Waals surface area contributed by atoms with Crippen LogP contribution in [0.25, 0.3) is 0 Å². The number of hydrogen-bond acceptors (Lipinski definition) is 3. The van der Waals surface area contributed by atoms with Gasteiger partial charge in [0.25, 0.3) is 0 Å². The van der Waals surface area contributed by atoms with Gasteiger partial charge in [-0.05, 0) is 43.7 Å². The highest BCUT2D eigenvalue weighted by Gasteiger charge is 2.29. The lowest BCUT2D eigenvalue weighted by atomic mass is 9.88. The summed E-state index contributed by atoms with van der Waals surface area (Å²) in [5.74, 6) is 0.902. The average molecular weight is 276 g/mol. The largest absolute Gasteiger partial charge is 0.394 e. The van der Waals surface area contributed by atoms with Crippen molar-refractivity contribution in [2.75, 3.05) is 26.2 Å². The topological polar surface area (TPSA) is 49.5 Å². The zero-order valence-electron chi connectivity index (χ0n) is 12.6. The SMILES string of the molecule is CCCN(CCC(N)(CO)c1ccccc1)CC1CC1. The normalized spacial score (nSPS) is 18.2. The van der Waals surface area contributed by atoms with E-state index in [-0.39, 0.29) is 6.61 Å². The van der Waals surface area contributed by atoms with Gasteiger partial charge in [0.05, 0.1) is 12.1 Å². The van der Waals surface area contributed by atoms with Gasteiger partial charge < -0.3 is 15.7 Å². The highest BCUT2D eigenvalue weighted by molar-refractivity contribution is 5.24. The number of rotatable bonds is 9. The van der Waals surface area contributed by atoms with Crippen LogP contribution in [0.1, 0.15) is 38.2 Å². The summed E-state index contributed by atoms with van der Waals surface area (Å²) in [5, 5.41) is 9.73. The van der Waals surface area contributed by atoms with Gasteiger partial charge in [-0.15, -0.1) is 0 Å². The molecule has 0 aliphatic heterocycles. The lowest BCUT2D eigenvalue weighted by molar-refractivity contribution is 0.160. The Kier molecular flexibility index (Phi) is 5.58. The Hall–Kier alpha value is -0.900. The molecule has 0 heterocycles. The van der Waals surface area contributed by atoms with E-state index in [0.29, 0.717) is 0 Å². The van der Waals surface area contributed by atoms with Crippen molar-refractivity contribution < 1.29 is 5.11 Å². The van der Waals surface area contributed by atoms with Crippen LogP contribution in [-0.2, 0) is 5.54 Å². The molecule has 2 rings (SSSR count). The van der Waals surface area contributed by atoms with Crippen molar-refractivity contribution >= 4 is 0 Å². The molecule has 1 aliphatic rings. The molecule has 0 amide bonds. The van der Waals surface area contributed by atoms with Crippen molar-refractivity contribution in [3.05, 3.63) is 35.9 Å². The van der Waals surface area contributed by atoms with E-state index in [0.717, 1.165) is 31.0 Å². The third kappa shape index (κ3) is 4.30. The summed E-state index contributed by atoms with van der Waals surface area (Å²) in [6.07, 6.45) is 4.74. The fourth-order valence-corrected chi connectivity index (χ4v) is 2.72. The van der Waals surface area contributed by atoms with Gasteiger partial charge in [0, 0.05) is 13.1 Å². The van der Waals surface area contributed by atoms with Gasteiger partial charge in [-0.2, -0.15) is 0 Å². The van der Waals surface area contributed by atoms with Crippen molar-refractivity contribution in [2.45, 2.75) is 38.1 Å². The molecule has 1 saturated carbocycles. The Morgan fingerprint density at radius 2 is 1.95 bits per heavy atom. The van der Waals surface area contributed by atoms with Gasteiger partial charge in [-0.1, -0.05) is 37.3 Å². The highest BCUT2D eigenvalue weighted by Crippen LogP contribution is 2.30. The van der Waals surface area contributed by atoms with Crippen LogP contribution in [0.5, 0.6) is 0 Å². The molecule has 3 nitrogen and oxygen atoms in total. The summed E-state index contributed by atoms with van der Waals surface area (Å²) in [6.45, 7) is 5.52. The lowest BCUT2D eigenvalue weighted by Gasteiger charge is -2.31. The Morgan fingerprint density at radius 1 is 1.25 bits per heavy atom. The van der Waals surface area contributed by atoms with Crippen LogP contribution >= 0.6 is 0 Å². The van der Waals surface area contributed by atoms with Crippen molar-refractivity contribution in [1.82, 2.24) is 4.90 Å². The number of benzene rings is 1. The maximum Gasteiger partial charge on any atom is 0.0656 e. The van der Waals surface area contributed by atoms with Gasteiger partial charge in [-0.25, -0.2) is 0 Å². The van der Waals surface area contributed by atoms with Crippen LogP contribution in [0.4, 0.5) is 0 Å². The van der Waals surface area contributed by atoms with Gasteiger partial charge in [-0.3, -0.25) is 0 Å². The first-order valence-corrected chi connectivity index (χ1v) is 7.85. The van der Waals surface area contributed by atoms with E-state index >= 15 is 0 Å². The molecule has 1 unspecified atom stereocenters. The third-order valence-electron chi connectivity index (χ3n) is 4.26. The van der Waals surface area contributed by atoms with Gasteiger partial charge in [0.2, 0.25) is 0 Å². The number of aliphatic hydroxyl groups is 1. The van der Waals surface area contributed by atoms with Crippen LogP contribution in [-0.4, -0.2) is 36.2 Å². The molecule has 112 valence electrons. The fraction of sp³-hybridized carbons (Fsp3) is 0.647. The molecule has 0 spiro atoms. The van der Waals surface area contributed by atoms with Gasteiger partial charge >= 0.3 is 0 Å². The summed E-state index contributed by atoms with van der Waals surface area (Å²) < 4.78 is 0. The molecule has 20 heavy (non-hydrogen) atoms. The number of aliphatic hydroxyl groups excluding tert-OH is 1. The summed E-state index contributed by atoms with van der Waals surface area (Å²) in [6, 6.07) is 9.99. The first-order valence-electron chi connectivity index (χ1n) is 7.85. The zero-order chi connectivity index (χ0) is 14.4. The van der Waals surface area contributed by atoms with E-state index in [4.69, 9.17) is 5.73 Å². The molecule has 0 saturated heterocycles. The van der Waals surface area contributed by atoms with Crippen LogP contribution in [0.2, 0.25) is 0 Å². The Balaban J connectivity index is 1.94. The molecule has 1 atom stereocenters. The van der Waals surface area contributed by atoms with Crippen LogP contribution in [0.3, 0.4) is 0 Å². The van der Waals surface area contributed by atoms with Crippen molar-refractivity contribution in [1.29, 1.82) is 0 Å². The molecular weight excluding hydrogens is 248 g/mol. The summed E-state index contributed by atoms with van der Waals surface area (Å²) >= 11 is 0. The highest BCUT2D eigenvalue weighted by atomic mass is 16.3. The first kappa shape index (κ1) is 15.5. The predicted molar refractivity (Wildman–Crippen MR) is 83.5 cm³/mol. The minimum atomic E-state index is -0.614. The Labute approximate surface area is 122 Å². The van der Waals surface area contributed by atoms with E-state index in [9.17, 15) is 5.11 Å². The molecule has 1 aromatic rings. The van der Waals surface area contributed by atoms with Crippen molar-refractivity contribution in [3.63, 3.8) is 0 Å². The van der Waals surface area contributed by atoms with Gasteiger partial charge in [0.15, 0.2) is 0 Å².